The fourth-order valence-electron chi connectivity index (χ4n) is 4.03. The second kappa shape index (κ2) is 10.9. The van der Waals surface area contributed by atoms with Gasteiger partial charge in [-0.05, 0) is 28.5 Å². The molecule has 5 rings (SSSR count). The van der Waals surface area contributed by atoms with Gasteiger partial charge in [-0.3, -0.25) is 9.59 Å². The number of carbonyl (C=O) groups excluding carboxylic acids is 2. The summed E-state index contributed by atoms with van der Waals surface area (Å²) in [5, 5.41) is 14.5. The SMILES string of the molecule is O=C(CSc1nnc(N2CCN(C(=O)Cc3cccc4ccccc34)CC2)s1)NCc1ccco1. The Morgan fingerprint density at radius 2 is 1.83 bits per heavy atom. The third kappa shape index (κ3) is 5.83. The fraction of sp³-hybridized carbons (Fsp3) is 0.280. The maximum Gasteiger partial charge on any atom is 0.230 e. The largest absolute Gasteiger partial charge is 0.467 e. The highest BCUT2D eigenvalue weighted by molar-refractivity contribution is 8.01. The number of carbonyl (C=O) groups is 2. The summed E-state index contributed by atoms with van der Waals surface area (Å²) in [7, 11) is 0. The smallest absolute Gasteiger partial charge is 0.230 e. The van der Waals surface area contributed by atoms with Crippen LogP contribution in [-0.2, 0) is 22.6 Å². The number of anilines is 1. The molecule has 0 saturated carbocycles. The number of fused-ring (bicyclic) bond motifs is 1. The zero-order valence-electron chi connectivity index (χ0n) is 19.1. The Morgan fingerprint density at radius 3 is 2.66 bits per heavy atom. The second-order valence-electron chi connectivity index (χ2n) is 8.18. The monoisotopic (exact) mass is 507 g/mol. The van der Waals surface area contributed by atoms with Gasteiger partial charge < -0.3 is 19.5 Å². The van der Waals surface area contributed by atoms with Gasteiger partial charge in [0.1, 0.15) is 5.76 Å². The van der Waals surface area contributed by atoms with Crippen LogP contribution in [0, 0.1) is 0 Å². The van der Waals surface area contributed by atoms with Crippen molar-refractivity contribution >= 4 is 50.8 Å². The molecule has 2 aromatic carbocycles. The van der Waals surface area contributed by atoms with Crippen molar-refractivity contribution < 1.29 is 14.0 Å². The number of hydrogen-bond donors (Lipinski definition) is 1. The van der Waals surface area contributed by atoms with Crippen LogP contribution in [0.2, 0.25) is 0 Å². The lowest BCUT2D eigenvalue weighted by Gasteiger charge is -2.34. The van der Waals surface area contributed by atoms with Gasteiger partial charge in [-0.25, -0.2) is 0 Å². The maximum absolute atomic E-state index is 13.0. The second-order valence-corrected chi connectivity index (χ2v) is 10.4. The minimum atomic E-state index is -0.0820. The van der Waals surface area contributed by atoms with Crippen molar-refractivity contribution in [2.24, 2.45) is 0 Å². The summed E-state index contributed by atoms with van der Waals surface area (Å²) in [4.78, 5) is 29.1. The Bertz CT molecular complexity index is 1290. The number of aromatic nitrogens is 2. The van der Waals surface area contributed by atoms with E-state index in [0.717, 1.165) is 31.6 Å². The first-order valence-corrected chi connectivity index (χ1v) is 13.2. The first-order valence-electron chi connectivity index (χ1n) is 11.4. The zero-order valence-corrected chi connectivity index (χ0v) is 20.7. The summed E-state index contributed by atoms with van der Waals surface area (Å²) in [6.07, 6.45) is 1.99. The number of nitrogens with one attached hydrogen (secondary N) is 1. The van der Waals surface area contributed by atoms with Crippen molar-refractivity contribution in [3.63, 3.8) is 0 Å². The van der Waals surface area contributed by atoms with Crippen molar-refractivity contribution in [3.05, 3.63) is 72.2 Å². The Hall–Kier alpha value is -3.37. The van der Waals surface area contributed by atoms with E-state index in [2.05, 4.69) is 38.6 Å². The summed E-state index contributed by atoms with van der Waals surface area (Å²) in [6, 6.07) is 17.9. The van der Waals surface area contributed by atoms with Crippen molar-refractivity contribution in [2.45, 2.75) is 17.3 Å². The van der Waals surface area contributed by atoms with Gasteiger partial charge >= 0.3 is 0 Å². The van der Waals surface area contributed by atoms with Gasteiger partial charge in [-0.15, -0.1) is 10.2 Å². The summed E-state index contributed by atoms with van der Waals surface area (Å²) in [6.45, 7) is 3.10. The third-order valence-electron chi connectivity index (χ3n) is 5.89. The minimum Gasteiger partial charge on any atom is -0.467 e. The van der Waals surface area contributed by atoms with Crippen LogP contribution < -0.4 is 10.2 Å². The molecule has 0 aliphatic carbocycles. The topological polar surface area (TPSA) is 91.6 Å². The van der Waals surface area contributed by atoms with Gasteiger partial charge in [0, 0.05) is 26.2 Å². The number of rotatable bonds is 8. The molecule has 2 amide bonds. The van der Waals surface area contributed by atoms with E-state index >= 15 is 0 Å². The van der Waals surface area contributed by atoms with E-state index in [0.29, 0.717) is 39.1 Å². The van der Waals surface area contributed by atoms with Crippen LogP contribution in [0.25, 0.3) is 10.8 Å². The van der Waals surface area contributed by atoms with Gasteiger partial charge in [0.25, 0.3) is 0 Å². The van der Waals surface area contributed by atoms with Crippen molar-refractivity contribution in [2.75, 3.05) is 36.8 Å². The molecule has 4 aromatic rings. The molecule has 1 aliphatic heterocycles. The molecule has 2 aromatic heterocycles. The molecule has 1 saturated heterocycles. The Morgan fingerprint density at radius 1 is 1.00 bits per heavy atom. The number of amides is 2. The van der Waals surface area contributed by atoms with E-state index in [9.17, 15) is 9.59 Å². The van der Waals surface area contributed by atoms with E-state index in [1.54, 1.807) is 12.3 Å². The molecular formula is C25H25N5O3S2. The number of thioether (sulfide) groups is 1. The normalized spacial score (nSPS) is 13.8. The molecule has 180 valence electrons. The van der Waals surface area contributed by atoms with Crippen molar-refractivity contribution in [1.29, 1.82) is 0 Å². The van der Waals surface area contributed by atoms with Crippen LogP contribution in [0.1, 0.15) is 11.3 Å². The van der Waals surface area contributed by atoms with Crippen LogP contribution >= 0.6 is 23.1 Å². The zero-order chi connectivity index (χ0) is 24.0. The molecule has 1 aliphatic rings. The van der Waals surface area contributed by atoms with Crippen molar-refractivity contribution in [1.82, 2.24) is 20.4 Å². The highest BCUT2D eigenvalue weighted by Crippen LogP contribution is 2.28. The first-order chi connectivity index (χ1) is 17.2. The third-order valence-corrected chi connectivity index (χ3v) is 8.00. The number of piperazine rings is 1. The summed E-state index contributed by atoms with van der Waals surface area (Å²) in [5.41, 5.74) is 1.06. The van der Waals surface area contributed by atoms with Crippen LogP contribution in [0.5, 0.6) is 0 Å². The fourth-order valence-corrected chi connectivity index (χ4v) is 5.76. The first kappa shape index (κ1) is 23.4. The average molecular weight is 508 g/mol. The number of benzene rings is 2. The predicted molar refractivity (Wildman–Crippen MR) is 138 cm³/mol. The minimum absolute atomic E-state index is 0.0820. The Labute approximate surface area is 211 Å². The molecule has 35 heavy (non-hydrogen) atoms. The highest BCUT2D eigenvalue weighted by atomic mass is 32.2. The summed E-state index contributed by atoms with van der Waals surface area (Å²) >= 11 is 2.84. The molecule has 0 bridgehead atoms. The van der Waals surface area contributed by atoms with Crippen LogP contribution in [0.3, 0.4) is 0 Å². The van der Waals surface area contributed by atoms with Gasteiger partial charge in [0.15, 0.2) is 4.34 Å². The maximum atomic E-state index is 13.0. The van der Waals surface area contributed by atoms with Crippen LogP contribution in [-0.4, -0.2) is 58.8 Å². The molecule has 8 nitrogen and oxygen atoms in total. The quantitative estimate of drug-likeness (QED) is 0.365. The molecule has 0 spiro atoms. The molecular weight excluding hydrogens is 482 g/mol. The lowest BCUT2D eigenvalue weighted by Crippen LogP contribution is -2.49. The average Bonchev–Trinajstić information content (AvgIpc) is 3.59. The van der Waals surface area contributed by atoms with E-state index < -0.39 is 0 Å². The number of hydrogen-bond acceptors (Lipinski definition) is 8. The molecule has 10 heteroatoms. The Balaban J connectivity index is 1.09. The molecule has 0 atom stereocenters. The van der Waals surface area contributed by atoms with Crippen LogP contribution in [0.15, 0.2) is 69.6 Å². The molecule has 0 unspecified atom stereocenters. The number of furan rings is 1. The highest BCUT2D eigenvalue weighted by Gasteiger charge is 2.24. The van der Waals surface area contributed by atoms with Gasteiger partial charge in [0.05, 0.1) is 25.0 Å². The van der Waals surface area contributed by atoms with Gasteiger partial charge in [-0.2, -0.15) is 0 Å². The molecule has 1 N–H and O–H groups in total. The lowest BCUT2D eigenvalue weighted by molar-refractivity contribution is -0.130. The van der Waals surface area contributed by atoms with E-state index in [1.807, 2.05) is 35.2 Å². The summed E-state index contributed by atoms with van der Waals surface area (Å²) < 4.78 is 5.97. The molecule has 0 radical (unpaired) electrons. The number of nitrogens with zero attached hydrogens (tertiary/aromatic N) is 4. The van der Waals surface area contributed by atoms with Gasteiger partial charge in [0.2, 0.25) is 16.9 Å². The standard InChI is InChI=1S/C25H25N5O3S2/c31-22(26-16-20-8-4-14-33-20)17-34-25-28-27-24(35-25)30-12-10-29(11-13-30)23(32)15-19-7-3-6-18-5-1-2-9-21(18)19/h1-9,14H,10-13,15-17H2,(H,26,31). The van der Waals surface area contributed by atoms with E-state index in [4.69, 9.17) is 4.42 Å². The van der Waals surface area contributed by atoms with E-state index in [1.165, 1.54) is 23.1 Å². The molecule has 1 fully saturated rings. The predicted octanol–water partition coefficient (Wildman–Crippen LogP) is 3.58. The lowest BCUT2D eigenvalue weighted by atomic mass is 10.0. The van der Waals surface area contributed by atoms with Gasteiger partial charge in [-0.1, -0.05) is 65.6 Å². The summed E-state index contributed by atoms with van der Waals surface area (Å²) in [5.74, 6) is 1.05. The van der Waals surface area contributed by atoms with Crippen molar-refractivity contribution in [3.8, 4) is 0 Å². The van der Waals surface area contributed by atoms with Crippen LogP contribution in [0.4, 0.5) is 5.13 Å². The van der Waals surface area contributed by atoms with E-state index in [-0.39, 0.29) is 17.6 Å². The Kier molecular flexibility index (Phi) is 7.29. The molecule has 3 heterocycles.